The molecule has 1 heterocycles. The monoisotopic (exact) mass is 404 g/mol. The van der Waals surface area contributed by atoms with E-state index in [1.807, 2.05) is 0 Å². The Kier molecular flexibility index (Phi) is 5.53. The lowest BCUT2D eigenvalue weighted by molar-refractivity contribution is 0.0935. The van der Waals surface area contributed by atoms with Gasteiger partial charge in [-0.2, -0.15) is 0 Å². The van der Waals surface area contributed by atoms with Crippen LogP contribution >= 0.6 is 11.6 Å². The van der Waals surface area contributed by atoms with Crippen molar-refractivity contribution in [2.24, 2.45) is 0 Å². The summed E-state index contributed by atoms with van der Waals surface area (Å²) >= 11 is 6.01. The highest BCUT2D eigenvalue weighted by molar-refractivity contribution is 7.92. The van der Waals surface area contributed by atoms with E-state index in [2.05, 4.69) is 10.0 Å². The molecule has 2 aromatic carbocycles. The molecule has 0 bridgehead atoms. The van der Waals surface area contributed by atoms with E-state index in [-0.39, 0.29) is 27.2 Å². The summed E-state index contributed by atoms with van der Waals surface area (Å²) in [4.78, 5) is 12.4. The van der Waals surface area contributed by atoms with Gasteiger partial charge in [0.2, 0.25) is 0 Å². The van der Waals surface area contributed by atoms with Crippen molar-refractivity contribution in [1.82, 2.24) is 5.32 Å². The van der Waals surface area contributed by atoms with Gasteiger partial charge in [0.1, 0.15) is 5.76 Å². The Hall–Kier alpha value is -2.77. The second-order valence-corrected chi connectivity index (χ2v) is 7.91. The van der Waals surface area contributed by atoms with Crippen molar-refractivity contribution >= 4 is 33.2 Å². The Bertz CT molecular complexity index is 1050. The Morgan fingerprint density at radius 1 is 1.07 bits per heavy atom. The normalized spacial score (nSPS) is 12.4. The number of para-hydroxylation sites is 1. The highest BCUT2D eigenvalue weighted by Crippen LogP contribution is 2.24. The first kappa shape index (κ1) is 19.0. The molecule has 8 heteroatoms. The molecule has 0 saturated carbocycles. The summed E-state index contributed by atoms with van der Waals surface area (Å²) in [6.45, 7) is 1.77. The maximum absolute atomic E-state index is 12.6. The maximum Gasteiger partial charge on any atom is 0.261 e. The molecule has 0 fully saturated rings. The molecule has 3 aromatic rings. The number of benzene rings is 2. The second-order valence-electron chi connectivity index (χ2n) is 5.82. The lowest BCUT2D eigenvalue weighted by atomic mass is 10.2. The van der Waals surface area contributed by atoms with E-state index in [1.165, 1.54) is 24.5 Å². The van der Waals surface area contributed by atoms with Crippen LogP contribution < -0.4 is 10.0 Å². The zero-order valence-electron chi connectivity index (χ0n) is 14.3. The zero-order valence-corrected chi connectivity index (χ0v) is 15.9. The minimum atomic E-state index is -3.90. The lowest BCUT2D eigenvalue weighted by Crippen LogP contribution is -2.26. The number of anilines is 1. The summed E-state index contributed by atoms with van der Waals surface area (Å²) in [5.41, 5.74) is 0.482. The smallest absolute Gasteiger partial charge is 0.261 e. The molecule has 3 rings (SSSR count). The van der Waals surface area contributed by atoms with Crippen LogP contribution in [-0.2, 0) is 10.0 Å². The van der Waals surface area contributed by atoms with E-state index in [9.17, 15) is 13.2 Å². The topological polar surface area (TPSA) is 88.4 Å². The molecule has 140 valence electrons. The largest absolute Gasteiger partial charge is 0.467 e. The molecule has 1 amide bonds. The van der Waals surface area contributed by atoms with Gasteiger partial charge in [-0.25, -0.2) is 8.42 Å². The van der Waals surface area contributed by atoms with Crippen molar-refractivity contribution in [3.63, 3.8) is 0 Å². The van der Waals surface area contributed by atoms with Crippen LogP contribution in [0.3, 0.4) is 0 Å². The van der Waals surface area contributed by atoms with Gasteiger partial charge in [-0.3, -0.25) is 9.52 Å². The van der Waals surface area contributed by atoms with Crippen molar-refractivity contribution in [2.45, 2.75) is 17.9 Å². The molecule has 27 heavy (non-hydrogen) atoms. The number of hydrogen-bond donors (Lipinski definition) is 2. The number of sulfonamides is 1. The third-order valence-electron chi connectivity index (χ3n) is 3.84. The van der Waals surface area contributed by atoms with Crippen LogP contribution in [0.25, 0.3) is 0 Å². The summed E-state index contributed by atoms with van der Waals surface area (Å²) in [6, 6.07) is 15.4. The van der Waals surface area contributed by atoms with Crippen molar-refractivity contribution in [1.29, 1.82) is 0 Å². The van der Waals surface area contributed by atoms with Crippen LogP contribution in [0, 0.1) is 0 Å². The first-order chi connectivity index (χ1) is 12.9. The minimum absolute atomic E-state index is 0.0410. The number of amides is 1. The predicted octanol–water partition coefficient (Wildman–Crippen LogP) is 4.22. The lowest BCUT2D eigenvalue weighted by Gasteiger charge is -2.13. The summed E-state index contributed by atoms with van der Waals surface area (Å²) in [5.74, 6) is 0.196. The maximum atomic E-state index is 12.6. The van der Waals surface area contributed by atoms with E-state index in [1.54, 1.807) is 49.4 Å². The predicted molar refractivity (Wildman–Crippen MR) is 103 cm³/mol. The standard InChI is InChI=1S/C19H17ClN2O4S/c1-13(18-10-5-11-26-18)21-19(23)14-6-4-7-15(12-14)27(24,25)22-17-9-3-2-8-16(17)20/h2-13,22H,1H3,(H,21,23)/t13-/m0/s1. The van der Waals surface area contributed by atoms with Gasteiger partial charge in [0.15, 0.2) is 0 Å². The van der Waals surface area contributed by atoms with Crippen LogP contribution in [0.2, 0.25) is 5.02 Å². The molecule has 1 atom stereocenters. The molecular formula is C19H17ClN2O4S. The average Bonchev–Trinajstić information content (AvgIpc) is 3.18. The Morgan fingerprint density at radius 3 is 2.56 bits per heavy atom. The number of furan rings is 1. The van der Waals surface area contributed by atoms with Gasteiger partial charge >= 0.3 is 0 Å². The second kappa shape index (κ2) is 7.85. The molecule has 2 N–H and O–H groups in total. The van der Waals surface area contributed by atoms with Gasteiger partial charge in [0, 0.05) is 5.56 Å². The fraction of sp³-hybridized carbons (Fsp3) is 0.105. The van der Waals surface area contributed by atoms with Crippen LogP contribution in [0.15, 0.2) is 76.2 Å². The molecule has 0 radical (unpaired) electrons. The molecule has 1 aromatic heterocycles. The number of rotatable bonds is 6. The molecule has 0 aliphatic rings. The number of halogens is 1. The van der Waals surface area contributed by atoms with Gasteiger partial charge in [-0.1, -0.05) is 29.8 Å². The average molecular weight is 405 g/mol. The van der Waals surface area contributed by atoms with Crippen molar-refractivity contribution in [2.75, 3.05) is 4.72 Å². The van der Waals surface area contributed by atoms with E-state index in [4.69, 9.17) is 16.0 Å². The third kappa shape index (κ3) is 4.50. The fourth-order valence-electron chi connectivity index (χ4n) is 2.44. The molecule has 0 aliphatic heterocycles. The van der Waals surface area contributed by atoms with Crippen LogP contribution in [0.5, 0.6) is 0 Å². The fourth-order valence-corrected chi connectivity index (χ4v) is 3.81. The molecule has 0 aliphatic carbocycles. The molecular weight excluding hydrogens is 388 g/mol. The van der Waals surface area contributed by atoms with Gasteiger partial charge in [-0.05, 0) is 49.4 Å². The molecule has 0 unspecified atom stereocenters. The number of hydrogen-bond acceptors (Lipinski definition) is 4. The Morgan fingerprint density at radius 2 is 1.85 bits per heavy atom. The summed E-state index contributed by atoms with van der Waals surface area (Å²) < 4.78 is 32.9. The van der Waals surface area contributed by atoms with E-state index < -0.39 is 15.9 Å². The Labute approximate surface area is 162 Å². The quantitative estimate of drug-likeness (QED) is 0.643. The van der Waals surface area contributed by atoms with E-state index in [0.717, 1.165) is 0 Å². The SMILES string of the molecule is C[C@H](NC(=O)c1cccc(S(=O)(=O)Nc2ccccc2Cl)c1)c1ccco1. The highest BCUT2D eigenvalue weighted by Gasteiger charge is 2.19. The van der Waals surface area contributed by atoms with Crippen LogP contribution in [0.4, 0.5) is 5.69 Å². The minimum Gasteiger partial charge on any atom is -0.467 e. The summed E-state index contributed by atoms with van der Waals surface area (Å²) in [5, 5.41) is 3.05. The van der Waals surface area contributed by atoms with Gasteiger partial charge in [-0.15, -0.1) is 0 Å². The zero-order chi connectivity index (χ0) is 19.4. The highest BCUT2D eigenvalue weighted by atomic mass is 35.5. The van der Waals surface area contributed by atoms with E-state index >= 15 is 0 Å². The van der Waals surface area contributed by atoms with E-state index in [0.29, 0.717) is 5.76 Å². The van der Waals surface area contributed by atoms with Crippen molar-refractivity contribution < 1.29 is 17.6 Å². The molecule has 0 saturated heterocycles. The molecule has 0 spiro atoms. The summed E-state index contributed by atoms with van der Waals surface area (Å²) in [7, 11) is -3.90. The van der Waals surface area contributed by atoms with Gasteiger partial charge < -0.3 is 9.73 Å². The van der Waals surface area contributed by atoms with Crippen molar-refractivity contribution in [3.8, 4) is 0 Å². The number of carbonyl (C=O) groups is 1. The Balaban J connectivity index is 1.80. The summed E-state index contributed by atoms with van der Waals surface area (Å²) in [6.07, 6.45) is 1.52. The van der Waals surface area contributed by atoms with Gasteiger partial charge in [0.05, 0.1) is 27.9 Å². The molecule has 6 nitrogen and oxygen atoms in total. The third-order valence-corrected chi connectivity index (χ3v) is 5.54. The van der Waals surface area contributed by atoms with Crippen LogP contribution in [-0.4, -0.2) is 14.3 Å². The number of carbonyl (C=O) groups excluding carboxylic acids is 1. The van der Waals surface area contributed by atoms with Crippen molar-refractivity contribution in [3.05, 3.63) is 83.3 Å². The first-order valence-electron chi connectivity index (χ1n) is 8.08. The van der Waals surface area contributed by atoms with Gasteiger partial charge in [0.25, 0.3) is 15.9 Å². The number of nitrogens with one attached hydrogen (secondary N) is 2. The van der Waals surface area contributed by atoms with Crippen LogP contribution in [0.1, 0.15) is 29.1 Å². The first-order valence-corrected chi connectivity index (χ1v) is 9.94.